The molecule has 0 aromatic heterocycles. The lowest BCUT2D eigenvalue weighted by molar-refractivity contribution is 0.628. The summed E-state index contributed by atoms with van der Waals surface area (Å²) in [6.45, 7) is 0.879. The van der Waals surface area contributed by atoms with E-state index in [9.17, 15) is 4.39 Å². The van der Waals surface area contributed by atoms with Crippen molar-refractivity contribution in [1.82, 2.24) is 0 Å². The van der Waals surface area contributed by atoms with Crippen LogP contribution in [0.15, 0.2) is 23.2 Å². The van der Waals surface area contributed by atoms with Crippen LogP contribution >= 0.6 is 11.6 Å². The molecule has 1 aliphatic rings. The highest BCUT2D eigenvalue weighted by molar-refractivity contribution is 6.31. The van der Waals surface area contributed by atoms with E-state index in [0.717, 1.165) is 30.7 Å². The van der Waals surface area contributed by atoms with Crippen LogP contribution in [0.25, 0.3) is 0 Å². The summed E-state index contributed by atoms with van der Waals surface area (Å²) in [4.78, 5) is 4.31. The van der Waals surface area contributed by atoms with E-state index in [2.05, 4.69) is 4.99 Å². The van der Waals surface area contributed by atoms with Crippen molar-refractivity contribution in [2.45, 2.75) is 12.8 Å². The quantitative estimate of drug-likeness (QED) is 0.656. The molecule has 0 spiro atoms. The molecule has 0 N–H and O–H groups in total. The Morgan fingerprint density at radius 1 is 1.38 bits per heavy atom. The second-order valence-electron chi connectivity index (χ2n) is 3.06. The molecule has 1 aliphatic heterocycles. The molecular weight excluding hydrogens is 189 g/mol. The Kier molecular flexibility index (Phi) is 2.32. The lowest BCUT2D eigenvalue weighted by Crippen LogP contribution is -1.96. The number of benzene rings is 1. The number of nitrogens with zero attached hydrogens (tertiary/aromatic N) is 1. The average molecular weight is 198 g/mol. The predicted molar refractivity (Wildman–Crippen MR) is 52.0 cm³/mol. The molecule has 68 valence electrons. The van der Waals surface area contributed by atoms with Gasteiger partial charge in [0.15, 0.2) is 0 Å². The van der Waals surface area contributed by atoms with Gasteiger partial charge in [-0.1, -0.05) is 17.7 Å². The number of aliphatic imine (C=N–C) groups is 1. The fourth-order valence-electron chi connectivity index (χ4n) is 1.45. The van der Waals surface area contributed by atoms with Gasteiger partial charge in [0.25, 0.3) is 0 Å². The normalized spacial score (nSPS) is 16.0. The van der Waals surface area contributed by atoms with Gasteiger partial charge < -0.3 is 0 Å². The molecule has 0 bridgehead atoms. The molecule has 1 aromatic rings. The van der Waals surface area contributed by atoms with E-state index in [4.69, 9.17) is 11.6 Å². The van der Waals surface area contributed by atoms with Gasteiger partial charge in [0.05, 0.1) is 5.02 Å². The molecule has 0 unspecified atom stereocenters. The number of halogens is 2. The van der Waals surface area contributed by atoms with Crippen LogP contribution < -0.4 is 0 Å². The number of hydrogen-bond acceptors (Lipinski definition) is 1. The molecule has 2 rings (SSSR count). The molecule has 0 radical (unpaired) electrons. The third kappa shape index (κ3) is 1.73. The maximum atomic E-state index is 12.8. The van der Waals surface area contributed by atoms with Gasteiger partial charge in [0.1, 0.15) is 5.82 Å². The Hall–Kier alpha value is -0.890. The molecule has 3 heteroatoms. The van der Waals surface area contributed by atoms with E-state index in [1.807, 2.05) is 0 Å². The Balaban J connectivity index is 2.36. The van der Waals surface area contributed by atoms with Crippen LogP contribution in [0.5, 0.6) is 0 Å². The van der Waals surface area contributed by atoms with E-state index >= 15 is 0 Å². The minimum Gasteiger partial charge on any atom is -0.289 e. The zero-order valence-corrected chi connectivity index (χ0v) is 7.81. The van der Waals surface area contributed by atoms with Crippen molar-refractivity contribution in [1.29, 1.82) is 0 Å². The summed E-state index contributed by atoms with van der Waals surface area (Å²) in [7, 11) is 0. The number of rotatable bonds is 1. The van der Waals surface area contributed by atoms with Crippen LogP contribution in [0.1, 0.15) is 18.4 Å². The minimum absolute atomic E-state index is 0.173. The van der Waals surface area contributed by atoms with E-state index in [1.54, 1.807) is 12.1 Å². The molecule has 0 saturated heterocycles. The van der Waals surface area contributed by atoms with Gasteiger partial charge in [-0.25, -0.2) is 4.39 Å². The molecule has 13 heavy (non-hydrogen) atoms. The maximum Gasteiger partial charge on any atom is 0.141 e. The molecule has 1 heterocycles. The van der Waals surface area contributed by atoms with E-state index in [0.29, 0.717) is 0 Å². The Bertz CT molecular complexity index is 360. The van der Waals surface area contributed by atoms with Crippen LogP contribution in [0.2, 0.25) is 5.02 Å². The Labute approximate surface area is 81.2 Å². The summed E-state index contributed by atoms with van der Waals surface area (Å²) >= 11 is 5.66. The monoisotopic (exact) mass is 197 g/mol. The van der Waals surface area contributed by atoms with Crippen LogP contribution in [0, 0.1) is 5.82 Å². The molecule has 1 nitrogen and oxygen atoms in total. The second-order valence-corrected chi connectivity index (χ2v) is 3.47. The molecule has 0 atom stereocenters. The highest BCUT2D eigenvalue weighted by Crippen LogP contribution is 2.19. The summed E-state index contributed by atoms with van der Waals surface area (Å²) < 4.78 is 12.8. The van der Waals surface area contributed by atoms with Crippen molar-refractivity contribution in [3.63, 3.8) is 0 Å². The first-order chi connectivity index (χ1) is 6.27. The first-order valence-electron chi connectivity index (χ1n) is 4.26. The van der Waals surface area contributed by atoms with Gasteiger partial charge in [-0.3, -0.25) is 4.99 Å². The van der Waals surface area contributed by atoms with E-state index < -0.39 is 0 Å². The van der Waals surface area contributed by atoms with E-state index in [-0.39, 0.29) is 10.8 Å². The maximum absolute atomic E-state index is 12.8. The third-order valence-electron chi connectivity index (χ3n) is 2.13. The standard InChI is InChI=1S/C10H9ClFN/c11-8-6-7(3-4-9(8)12)10-2-1-5-13-10/h3-4,6H,1-2,5H2. The molecule has 0 fully saturated rings. The zero-order chi connectivity index (χ0) is 9.26. The fourth-order valence-corrected chi connectivity index (χ4v) is 1.63. The van der Waals surface area contributed by atoms with Crippen molar-refractivity contribution in [2.24, 2.45) is 4.99 Å². The van der Waals surface area contributed by atoms with Gasteiger partial charge in [0.2, 0.25) is 0 Å². The number of hydrogen-bond donors (Lipinski definition) is 0. The summed E-state index contributed by atoms with van der Waals surface area (Å²) in [6.07, 6.45) is 2.06. The van der Waals surface area contributed by atoms with Gasteiger partial charge in [-0.05, 0) is 30.5 Å². The van der Waals surface area contributed by atoms with Crippen LogP contribution in [-0.4, -0.2) is 12.3 Å². The fraction of sp³-hybridized carbons (Fsp3) is 0.300. The van der Waals surface area contributed by atoms with Crippen molar-refractivity contribution in [2.75, 3.05) is 6.54 Å². The van der Waals surface area contributed by atoms with Gasteiger partial charge >= 0.3 is 0 Å². The molecule has 0 saturated carbocycles. The minimum atomic E-state index is -0.371. The molecular formula is C10H9ClFN. The topological polar surface area (TPSA) is 12.4 Å². The van der Waals surface area contributed by atoms with Crippen LogP contribution in [0.3, 0.4) is 0 Å². The molecule has 0 amide bonds. The first kappa shape index (κ1) is 8.70. The van der Waals surface area contributed by atoms with Crippen LogP contribution in [0.4, 0.5) is 4.39 Å². The summed E-state index contributed by atoms with van der Waals surface area (Å²) in [5, 5.41) is 0.173. The van der Waals surface area contributed by atoms with Gasteiger partial charge in [-0.15, -0.1) is 0 Å². The Morgan fingerprint density at radius 3 is 2.85 bits per heavy atom. The summed E-state index contributed by atoms with van der Waals surface area (Å²) in [5.41, 5.74) is 1.99. The highest BCUT2D eigenvalue weighted by atomic mass is 35.5. The summed E-state index contributed by atoms with van der Waals surface area (Å²) in [6, 6.07) is 4.75. The average Bonchev–Trinajstić information content (AvgIpc) is 2.62. The van der Waals surface area contributed by atoms with Crippen molar-refractivity contribution in [3.8, 4) is 0 Å². The molecule has 1 aromatic carbocycles. The predicted octanol–water partition coefficient (Wildman–Crippen LogP) is 3.06. The lowest BCUT2D eigenvalue weighted by Gasteiger charge is -2.01. The van der Waals surface area contributed by atoms with Gasteiger partial charge in [-0.2, -0.15) is 0 Å². The largest absolute Gasteiger partial charge is 0.289 e. The van der Waals surface area contributed by atoms with E-state index in [1.165, 1.54) is 6.07 Å². The van der Waals surface area contributed by atoms with Crippen molar-refractivity contribution < 1.29 is 4.39 Å². The third-order valence-corrected chi connectivity index (χ3v) is 2.42. The first-order valence-corrected chi connectivity index (χ1v) is 4.64. The lowest BCUT2D eigenvalue weighted by atomic mass is 10.1. The van der Waals surface area contributed by atoms with Gasteiger partial charge in [0, 0.05) is 12.3 Å². The van der Waals surface area contributed by atoms with Crippen molar-refractivity contribution in [3.05, 3.63) is 34.6 Å². The van der Waals surface area contributed by atoms with Crippen LogP contribution in [-0.2, 0) is 0 Å². The summed E-state index contributed by atoms with van der Waals surface area (Å²) in [5.74, 6) is -0.371. The highest BCUT2D eigenvalue weighted by Gasteiger charge is 2.10. The van der Waals surface area contributed by atoms with Crippen molar-refractivity contribution >= 4 is 17.3 Å². The SMILES string of the molecule is Fc1ccc(C2=NCCC2)cc1Cl. The Morgan fingerprint density at radius 2 is 2.23 bits per heavy atom. The smallest absolute Gasteiger partial charge is 0.141 e. The zero-order valence-electron chi connectivity index (χ0n) is 7.06. The second kappa shape index (κ2) is 3.46. The molecule has 0 aliphatic carbocycles.